The van der Waals surface area contributed by atoms with Crippen LogP contribution in [0.1, 0.15) is 57.8 Å². The number of hydrogen-bond acceptors (Lipinski definition) is 3. The number of ether oxygens (including phenoxy) is 1. The Bertz CT molecular complexity index is 274. The minimum Gasteiger partial charge on any atom is -0.389 e. The maximum atomic E-state index is 10.6. The molecule has 2 saturated carbocycles. The van der Waals surface area contributed by atoms with E-state index >= 15 is 0 Å². The fourth-order valence-corrected chi connectivity index (χ4v) is 4.21. The maximum Gasteiger partial charge on any atom is 0.0707 e. The van der Waals surface area contributed by atoms with Crippen molar-refractivity contribution in [3.63, 3.8) is 0 Å². The van der Waals surface area contributed by atoms with Crippen LogP contribution in [0.4, 0.5) is 0 Å². The fourth-order valence-electron chi connectivity index (χ4n) is 4.21. The van der Waals surface area contributed by atoms with Gasteiger partial charge in [0.2, 0.25) is 0 Å². The van der Waals surface area contributed by atoms with Crippen LogP contribution < -0.4 is 5.73 Å². The van der Waals surface area contributed by atoms with Gasteiger partial charge in [-0.15, -0.1) is 0 Å². The highest BCUT2D eigenvalue weighted by atomic mass is 16.5. The third-order valence-corrected chi connectivity index (χ3v) is 5.25. The van der Waals surface area contributed by atoms with Crippen LogP contribution in [0.15, 0.2) is 0 Å². The third-order valence-electron chi connectivity index (χ3n) is 5.25. The Labute approximate surface area is 104 Å². The van der Waals surface area contributed by atoms with Crippen molar-refractivity contribution in [3.05, 3.63) is 0 Å². The Morgan fingerprint density at radius 1 is 1.06 bits per heavy atom. The smallest absolute Gasteiger partial charge is 0.0707 e. The van der Waals surface area contributed by atoms with E-state index in [1.54, 1.807) is 0 Å². The first-order valence-electron chi connectivity index (χ1n) is 7.24. The summed E-state index contributed by atoms with van der Waals surface area (Å²) in [6, 6.07) is 0.227. The van der Waals surface area contributed by atoms with E-state index in [1.165, 1.54) is 32.1 Å². The molecule has 0 aromatic carbocycles. The molecule has 1 aliphatic heterocycles. The zero-order chi connectivity index (χ0) is 11.9. The largest absolute Gasteiger partial charge is 0.389 e. The van der Waals surface area contributed by atoms with Crippen molar-refractivity contribution >= 4 is 0 Å². The molecule has 2 aliphatic carbocycles. The highest BCUT2D eigenvalue weighted by Gasteiger charge is 2.51. The van der Waals surface area contributed by atoms with E-state index in [0.717, 1.165) is 32.3 Å². The molecule has 0 bridgehead atoms. The molecule has 3 rings (SSSR count). The molecule has 0 radical (unpaired) electrons. The fraction of sp³-hybridized carbons (Fsp3) is 1.00. The molecule has 3 N–H and O–H groups in total. The van der Waals surface area contributed by atoms with Crippen molar-refractivity contribution in [2.75, 3.05) is 6.61 Å². The van der Waals surface area contributed by atoms with E-state index < -0.39 is 5.60 Å². The van der Waals surface area contributed by atoms with Crippen LogP contribution in [0.3, 0.4) is 0 Å². The molecular weight excluding hydrogens is 214 g/mol. The molecule has 3 aliphatic rings. The third kappa shape index (κ3) is 2.13. The number of nitrogens with two attached hydrogens (primary N) is 1. The lowest BCUT2D eigenvalue weighted by Gasteiger charge is -2.53. The van der Waals surface area contributed by atoms with E-state index in [1.807, 2.05) is 0 Å². The summed E-state index contributed by atoms with van der Waals surface area (Å²) in [6.07, 6.45) is 10.0. The Balaban J connectivity index is 1.67. The van der Waals surface area contributed by atoms with Gasteiger partial charge in [-0.1, -0.05) is 19.3 Å². The van der Waals surface area contributed by atoms with E-state index in [-0.39, 0.29) is 11.6 Å². The molecule has 0 amide bonds. The second kappa shape index (κ2) is 4.22. The van der Waals surface area contributed by atoms with Gasteiger partial charge in [0.15, 0.2) is 0 Å². The predicted octanol–water partition coefficient (Wildman–Crippen LogP) is 1.97. The summed E-state index contributed by atoms with van der Waals surface area (Å²) in [5, 5.41) is 10.6. The zero-order valence-corrected chi connectivity index (χ0v) is 10.7. The van der Waals surface area contributed by atoms with Gasteiger partial charge in [-0.05, 0) is 44.4 Å². The van der Waals surface area contributed by atoms with E-state index in [9.17, 15) is 5.11 Å². The summed E-state index contributed by atoms with van der Waals surface area (Å²) in [6.45, 7) is 0.836. The van der Waals surface area contributed by atoms with Crippen molar-refractivity contribution in [2.45, 2.75) is 75.0 Å². The Kier molecular flexibility index (Phi) is 2.96. The molecule has 17 heavy (non-hydrogen) atoms. The summed E-state index contributed by atoms with van der Waals surface area (Å²) < 4.78 is 6.08. The normalized spacial score (nSPS) is 45.5. The quantitative estimate of drug-likeness (QED) is 0.735. The summed E-state index contributed by atoms with van der Waals surface area (Å²) in [5.74, 6) is 0.425. The average molecular weight is 239 g/mol. The summed E-state index contributed by atoms with van der Waals surface area (Å²) in [5.41, 5.74) is 5.48. The first-order valence-corrected chi connectivity index (χ1v) is 7.24. The number of aliphatic hydroxyl groups is 1. The van der Waals surface area contributed by atoms with Crippen LogP contribution in [0.25, 0.3) is 0 Å². The number of rotatable bonds is 1. The molecule has 0 aromatic rings. The minimum absolute atomic E-state index is 0.108. The average Bonchev–Trinajstić information content (AvgIpc) is 2.28. The molecule has 3 fully saturated rings. The molecule has 1 spiro atoms. The second-order valence-electron chi connectivity index (χ2n) is 6.55. The van der Waals surface area contributed by atoms with E-state index in [0.29, 0.717) is 5.92 Å². The standard InChI is InChI=1S/C14H25NO2/c15-12-9-14(16,10-12)11-4-7-17-13(8-11)5-2-1-3-6-13/h11-12,16H,1-10,15H2. The highest BCUT2D eigenvalue weighted by molar-refractivity contribution is 5.04. The Morgan fingerprint density at radius 2 is 1.76 bits per heavy atom. The van der Waals surface area contributed by atoms with Gasteiger partial charge < -0.3 is 15.6 Å². The second-order valence-corrected chi connectivity index (χ2v) is 6.55. The van der Waals surface area contributed by atoms with Gasteiger partial charge in [-0.3, -0.25) is 0 Å². The summed E-state index contributed by atoms with van der Waals surface area (Å²) in [4.78, 5) is 0. The van der Waals surface area contributed by atoms with Crippen LogP contribution >= 0.6 is 0 Å². The van der Waals surface area contributed by atoms with Crippen LogP contribution in [0, 0.1) is 5.92 Å². The lowest BCUT2D eigenvalue weighted by atomic mass is 9.62. The van der Waals surface area contributed by atoms with Gasteiger partial charge in [0.25, 0.3) is 0 Å². The molecule has 1 atom stereocenters. The van der Waals surface area contributed by atoms with Crippen LogP contribution in [0.2, 0.25) is 0 Å². The summed E-state index contributed by atoms with van der Waals surface area (Å²) >= 11 is 0. The van der Waals surface area contributed by atoms with Crippen LogP contribution in [-0.4, -0.2) is 29.0 Å². The van der Waals surface area contributed by atoms with Crippen molar-refractivity contribution in [1.29, 1.82) is 0 Å². The first-order chi connectivity index (χ1) is 8.12. The van der Waals surface area contributed by atoms with Crippen molar-refractivity contribution < 1.29 is 9.84 Å². The molecule has 3 nitrogen and oxygen atoms in total. The van der Waals surface area contributed by atoms with Gasteiger partial charge in [0.1, 0.15) is 0 Å². The van der Waals surface area contributed by atoms with Gasteiger partial charge in [-0.25, -0.2) is 0 Å². The Hall–Kier alpha value is -0.120. The summed E-state index contributed by atoms with van der Waals surface area (Å²) in [7, 11) is 0. The van der Waals surface area contributed by atoms with Gasteiger partial charge >= 0.3 is 0 Å². The van der Waals surface area contributed by atoms with Crippen LogP contribution in [-0.2, 0) is 4.74 Å². The molecule has 98 valence electrons. The van der Waals surface area contributed by atoms with Crippen LogP contribution in [0.5, 0.6) is 0 Å². The van der Waals surface area contributed by atoms with Gasteiger partial charge in [-0.2, -0.15) is 0 Å². The lowest BCUT2D eigenvalue weighted by molar-refractivity contribution is -0.179. The van der Waals surface area contributed by atoms with Crippen molar-refractivity contribution in [2.24, 2.45) is 11.7 Å². The SMILES string of the molecule is NC1CC(O)(C2CCOC3(CCCCC3)C2)C1. The van der Waals surface area contributed by atoms with Gasteiger partial charge in [0.05, 0.1) is 11.2 Å². The lowest BCUT2D eigenvalue weighted by Crippen LogP contribution is -2.59. The molecule has 1 saturated heterocycles. The minimum atomic E-state index is -0.465. The predicted molar refractivity (Wildman–Crippen MR) is 66.7 cm³/mol. The number of hydrogen-bond donors (Lipinski definition) is 2. The molecule has 0 aromatic heterocycles. The van der Waals surface area contributed by atoms with E-state index in [2.05, 4.69) is 0 Å². The molecule has 1 unspecified atom stereocenters. The maximum absolute atomic E-state index is 10.6. The molecule has 3 heteroatoms. The molecular formula is C14H25NO2. The molecule has 1 heterocycles. The first kappa shape index (κ1) is 11.9. The van der Waals surface area contributed by atoms with Gasteiger partial charge in [0, 0.05) is 12.6 Å². The monoisotopic (exact) mass is 239 g/mol. The van der Waals surface area contributed by atoms with Crippen molar-refractivity contribution in [1.82, 2.24) is 0 Å². The van der Waals surface area contributed by atoms with Crippen molar-refractivity contribution in [3.8, 4) is 0 Å². The topological polar surface area (TPSA) is 55.5 Å². The zero-order valence-electron chi connectivity index (χ0n) is 10.7. The van der Waals surface area contributed by atoms with E-state index in [4.69, 9.17) is 10.5 Å². The highest BCUT2D eigenvalue weighted by Crippen LogP contribution is 2.48. The Morgan fingerprint density at radius 3 is 2.41 bits per heavy atom.